The number of aromatic nitrogens is 2. The second kappa shape index (κ2) is 10.6. The van der Waals surface area contributed by atoms with Gasteiger partial charge in [-0.15, -0.1) is 0 Å². The number of methoxy groups -OCH3 is 2. The van der Waals surface area contributed by atoms with E-state index in [1.165, 1.54) is 0 Å². The molecule has 0 atom stereocenters. The molecule has 0 N–H and O–H groups in total. The predicted molar refractivity (Wildman–Crippen MR) is 141 cm³/mol. The van der Waals surface area contributed by atoms with Gasteiger partial charge in [0, 0.05) is 49.7 Å². The largest absolute Gasteiger partial charge is 0.497 e. The molecule has 7 nitrogen and oxygen atoms in total. The smallest absolute Gasteiger partial charge is 0.257 e. The summed E-state index contributed by atoms with van der Waals surface area (Å²) in [5.41, 5.74) is 4.43. The molecule has 0 bridgehead atoms. The van der Waals surface area contributed by atoms with Crippen molar-refractivity contribution < 1.29 is 14.3 Å². The average molecular weight is 483 g/mol. The van der Waals surface area contributed by atoms with E-state index in [-0.39, 0.29) is 5.91 Å². The number of ether oxygens (including phenoxy) is 2. The first-order chi connectivity index (χ1) is 17.6. The Morgan fingerprint density at radius 3 is 2.25 bits per heavy atom. The lowest BCUT2D eigenvalue weighted by atomic mass is 10.1. The maximum atomic E-state index is 13.7. The molecule has 0 saturated carbocycles. The number of amides is 1. The van der Waals surface area contributed by atoms with E-state index in [2.05, 4.69) is 23.1 Å². The summed E-state index contributed by atoms with van der Waals surface area (Å²) < 4.78 is 12.5. The molecule has 4 aromatic rings. The van der Waals surface area contributed by atoms with Crippen molar-refractivity contribution in [3.8, 4) is 22.8 Å². The molecule has 1 amide bonds. The highest BCUT2D eigenvalue weighted by Gasteiger charge is 2.27. The highest BCUT2D eigenvalue weighted by Crippen LogP contribution is 2.27. The lowest BCUT2D eigenvalue weighted by Gasteiger charge is -2.36. The molecule has 36 heavy (non-hydrogen) atoms. The lowest BCUT2D eigenvalue weighted by molar-refractivity contribution is 0.0747. The standard InChI is InChI=1S/C29H30N4O3/c1-35-25-13-11-23(12-14-25)28-27(21-33(30-28)20-22-7-4-3-5-8-22)29(34)32-17-15-31(16-18-32)24-9-6-10-26(19-24)36-2/h3-14,19,21H,15-18,20H2,1-2H3. The molecule has 0 unspecified atom stereocenters. The van der Waals surface area contributed by atoms with Crippen molar-refractivity contribution in [2.45, 2.75) is 6.54 Å². The number of carbonyl (C=O) groups excluding carboxylic acids is 1. The molecule has 0 aliphatic carbocycles. The zero-order valence-corrected chi connectivity index (χ0v) is 20.6. The molecular weight excluding hydrogens is 452 g/mol. The summed E-state index contributed by atoms with van der Waals surface area (Å²) in [7, 11) is 3.32. The van der Waals surface area contributed by atoms with E-state index < -0.39 is 0 Å². The number of nitrogens with zero attached hydrogens (tertiary/aromatic N) is 4. The van der Waals surface area contributed by atoms with Gasteiger partial charge in [0.05, 0.1) is 26.3 Å². The molecule has 0 spiro atoms. The van der Waals surface area contributed by atoms with Crippen LogP contribution in [0.2, 0.25) is 0 Å². The van der Waals surface area contributed by atoms with Crippen LogP contribution < -0.4 is 14.4 Å². The van der Waals surface area contributed by atoms with Crippen molar-refractivity contribution in [2.24, 2.45) is 0 Å². The molecule has 184 valence electrons. The van der Waals surface area contributed by atoms with Gasteiger partial charge in [0.2, 0.25) is 0 Å². The van der Waals surface area contributed by atoms with Gasteiger partial charge in [-0.2, -0.15) is 5.10 Å². The quantitative estimate of drug-likeness (QED) is 0.386. The predicted octanol–water partition coefficient (Wildman–Crippen LogP) is 4.58. The maximum absolute atomic E-state index is 13.7. The molecule has 2 heterocycles. The van der Waals surface area contributed by atoms with Gasteiger partial charge in [-0.25, -0.2) is 0 Å². The fraction of sp³-hybridized carbons (Fsp3) is 0.241. The minimum atomic E-state index is 0.00502. The fourth-order valence-corrected chi connectivity index (χ4v) is 4.54. The van der Waals surface area contributed by atoms with Crippen LogP contribution in [0.3, 0.4) is 0 Å². The van der Waals surface area contributed by atoms with Gasteiger partial charge >= 0.3 is 0 Å². The van der Waals surface area contributed by atoms with Gasteiger partial charge in [0.1, 0.15) is 17.2 Å². The third kappa shape index (κ3) is 5.05. The number of anilines is 1. The van der Waals surface area contributed by atoms with E-state index in [0.29, 0.717) is 30.9 Å². The molecule has 7 heteroatoms. The summed E-state index contributed by atoms with van der Waals surface area (Å²) in [5, 5.41) is 4.83. The molecule has 5 rings (SSSR count). The lowest BCUT2D eigenvalue weighted by Crippen LogP contribution is -2.48. The van der Waals surface area contributed by atoms with Crippen molar-refractivity contribution in [3.63, 3.8) is 0 Å². The van der Waals surface area contributed by atoms with Gasteiger partial charge < -0.3 is 19.3 Å². The molecule has 1 aliphatic heterocycles. The first-order valence-corrected chi connectivity index (χ1v) is 12.1. The highest BCUT2D eigenvalue weighted by molar-refractivity contribution is 6.00. The molecule has 1 fully saturated rings. The molecule has 1 aromatic heterocycles. The SMILES string of the molecule is COc1ccc(-c2nn(Cc3ccccc3)cc2C(=O)N2CCN(c3cccc(OC)c3)CC2)cc1. The number of carbonyl (C=O) groups is 1. The Morgan fingerprint density at radius 1 is 0.833 bits per heavy atom. The minimum absolute atomic E-state index is 0.00502. The van der Waals surface area contributed by atoms with Crippen molar-refractivity contribution in [2.75, 3.05) is 45.3 Å². The van der Waals surface area contributed by atoms with Gasteiger partial charge in [0.15, 0.2) is 0 Å². The highest BCUT2D eigenvalue weighted by atomic mass is 16.5. The van der Waals surface area contributed by atoms with E-state index in [0.717, 1.165) is 41.4 Å². The summed E-state index contributed by atoms with van der Waals surface area (Å²) in [5.74, 6) is 1.61. The van der Waals surface area contributed by atoms with Crippen LogP contribution in [0.4, 0.5) is 5.69 Å². The average Bonchev–Trinajstić information content (AvgIpc) is 3.37. The summed E-state index contributed by atoms with van der Waals surface area (Å²) in [4.78, 5) is 17.9. The van der Waals surface area contributed by atoms with Crippen molar-refractivity contribution in [1.82, 2.24) is 14.7 Å². The van der Waals surface area contributed by atoms with Gasteiger partial charge in [0.25, 0.3) is 5.91 Å². The van der Waals surface area contributed by atoms with Crippen molar-refractivity contribution in [1.29, 1.82) is 0 Å². The van der Waals surface area contributed by atoms with Crippen molar-refractivity contribution >= 4 is 11.6 Å². The minimum Gasteiger partial charge on any atom is -0.497 e. The molecule has 3 aromatic carbocycles. The third-order valence-corrected chi connectivity index (χ3v) is 6.53. The van der Waals surface area contributed by atoms with Crippen LogP contribution in [-0.2, 0) is 6.54 Å². The van der Waals surface area contributed by atoms with Gasteiger partial charge in [-0.05, 0) is 42.0 Å². The van der Waals surface area contributed by atoms with E-state index in [1.807, 2.05) is 76.4 Å². The monoisotopic (exact) mass is 482 g/mol. The molecule has 1 saturated heterocycles. The van der Waals surface area contributed by atoms with E-state index in [4.69, 9.17) is 14.6 Å². The third-order valence-electron chi connectivity index (χ3n) is 6.53. The van der Waals surface area contributed by atoms with Crippen LogP contribution in [0.5, 0.6) is 11.5 Å². The number of hydrogen-bond acceptors (Lipinski definition) is 5. The first kappa shape index (κ1) is 23.5. The Labute approximate surface area is 211 Å². The summed E-state index contributed by atoms with van der Waals surface area (Å²) >= 11 is 0. The Hall–Kier alpha value is -4.26. The molecule has 1 aliphatic rings. The summed E-state index contributed by atoms with van der Waals surface area (Å²) in [6.07, 6.45) is 1.88. The topological polar surface area (TPSA) is 59.8 Å². The molecule has 0 radical (unpaired) electrons. The zero-order chi connectivity index (χ0) is 24.9. The second-order valence-electron chi connectivity index (χ2n) is 8.78. The maximum Gasteiger partial charge on any atom is 0.257 e. The number of rotatable bonds is 7. The van der Waals surface area contributed by atoms with Gasteiger partial charge in [-0.3, -0.25) is 9.48 Å². The number of benzene rings is 3. The normalized spacial score (nSPS) is 13.5. The number of piperazine rings is 1. The van der Waals surface area contributed by atoms with Crippen LogP contribution in [-0.4, -0.2) is 61.0 Å². The van der Waals surface area contributed by atoms with Crippen molar-refractivity contribution in [3.05, 3.63) is 96.2 Å². The Morgan fingerprint density at radius 2 is 1.56 bits per heavy atom. The Kier molecular flexibility index (Phi) is 6.89. The van der Waals surface area contributed by atoms with E-state index in [1.54, 1.807) is 14.2 Å². The van der Waals surface area contributed by atoms with Crippen LogP contribution in [0.1, 0.15) is 15.9 Å². The summed E-state index contributed by atoms with van der Waals surface area (Å²) in [6, 6.07) is 25.9. The van der Waals surface area contributed by atoms with Crippen LogP contribution in [0.15, 0.2) is 85.1 Å². The Bertz CT molecular complexity index is 1310. The van der Waals surface area contributed by atoms with Gasteiger partial charge in [-0.1, -0.05) is 36.4 Å². The van der Waals surface area contributed by atoms with E-state index in [9.17, 15) is 4.79 Å². The molecular formula is C29H30N4O3. The van der Waals surface area contributed by atoms with Crippen LogP contribution in [0.25, 0.3) is 11.3 Å². The second-order valence-corrected chi connectivity index (χ2v) is 8.78. The zero-order valence-electron chi connectivity index (χ0n) is 20.6. The Balaban J connectivity index is 1.38. The fourth-order valence-electron chi connectivity index (χ4n) is 4.54. The van der Waals surface area contributed by atoms with Crippen LogP contribution >= 0.6 is 0 Å². The summed E-state index contributed by atoms with van der Waals surface area (Å²) in [6.45, 7) is 3.40. The van der Waals surface area contributed by atoms with E-state index >= 15 is 0 Å². The number of hydrogen-bond donors (Lipinski definition) is 0. The first-order valence-electron chi connectivity index (χ1n) is 12.1. The van der Waals surface area contributed by atoms with Crippen LogP contribution in [0, 0.1) is 0 Å².